The molecule has 0 radical (unpaired) electrons. The molecule has 1 N–H and O–H groups in total. The van der Waals surface area contributed by atoms with Crippen LogP contribution in [0.5, 0.6) is 0 Å². The van der Waals surface area contributed by atoms with Gasteiger partial charge in [0.1, 0.15) is 11.6 Å². The molecular formula is C25H24FN5OS2. The molecule has 1 amide bonds. The third kappa shape index (κ3) is 5.16. The molecule has 0 saturated carbocycles. The summed E-state index contributed by atoms with van der Waals surface area (Å²) >= 11 is 2.84. The van der Waals surface area contributed by atoms with Crippen molar-refractivity contribution in [1.29, 1.82) is 0 Å². The molecule has 9 heteroatoms. The van der Waals surface area contributed by atoms with E-state index in [9.17, 15) is 9.18 Å². The molecule has 0 atom stereocenters. The molecule has 1 fully saturated rings. The number of aryl methyl sites for hydroxylation is 1. The monoisotopic (exact) mass is 493 g/mol. The zero-order chi connectivity index (χ0) is 23.5. The molecular weight excluding hydrogens is 469 g/mol. The first-order valence-corrected chi connectivity index (χ1v) is 12.8. The highest BCUT2D eigenvalue weighted by Crippen LogP contribution is 2.33. The number of hydrogen-bond donors (Lipinski definition) is 1. The topological polar surface area (TPSA) is 61.4 Å². The number of amides is 1. The van der Waals surface area contributed by atoms with Gasteiger partial charge in [0.25, 0.3) is 5.91 Å². The Morgan fingerprint density at radius 2 is 1.91 bits per heavy atom. The van der Waals surface area contributed by atoms with Gasteiger partial charge in [-0.2, -0.15) is 0 Å². The molecule has 34 heavy (non-hydrogen) atoms. The summed E-state index contributed by atoms with van der Waals surface area (Å²) in [7, 11) is 0. The van der Waals surface area contributed by atoms with Crippen LogP contribution in [-0.4, -0.2) is 47.0 Å². The lowest BCUT2D eigenvalue weighted by atomic mass is 10.1. The van der Waals surface area contributed by atoms with E-state index in [2.05, 4.69) is 25.1 Å². The van der Waals surface area contributed by atoms with Crippen molar-refractivity contribution < 1.29 is 9.18 Å². The first-order valence-electron chi connectivity index (χ1n) is 11.1. The van der Waals surface area contributed by atoms with E-state index in [-0.39, 0.29) is 11.7 Å². The highest BCUT2D eigenvalue weighted by molar-refractivity contribution is 7.18. The Balaban J connectivity index is 1.17. The van der Waals surface area contributed by atoms with Crippen molar-refractivity contribution in [2.24, 2.45) is 0 Å². The minimum Gasteiger partial charge on any atom is -0.354 e. The number of nitrogens with one attached hydrogen (secondary N) is 1. The van der Waals surface area contributed by atoms with Crippen molar-refractivity contribution in [3.63, 3.8) is 0 Å². The van der Waals surface area contributed by atoms with Gasteiger partial charge in [-0.1, -0.05) is 18.2 Å². The van der Waals surface area contributed by atoms with Crippen LogP contribution in [0.25, 0.3) is 10.4 Å². The average molecular weight is 494 g/mol. The van der Waals surface area contributed by atoms with E-state index in [1.165, 1.54) is 34.8 Å². The summed E-state index contributed by atoms with van der Waals surface area (Å²) in [5.41, 5.74) is 2.86. The van der Waals surface area contributed by atoms with Gasteiger partial charge in [-0.25, -0.2) is 14.4 Å². The Morgan fingerprint density at radius 1 is 1.12 bits per heavy atom. The van der Waals surface area contributed by atoms with Gasteiger partial charge < -0.3 is 4.90 Å². The van der Waals surface area contributed by atoms with E-state index in [1.807, 2.05) is 42.8 Å². The molecule has 1 aliphatic rings. The zero-order valence-electron chi connectivity index (χ0n) is 18.7. The summed E-state index contributed by atoms with van der Waals surface area (Å²) < 4.78 is 13.2. The van der Waals surface area contributed by atoms with Crippen LogP contribution in [0.15, 0.2) is 60.1 Å². The Bertz CT molecular complexity index is 1260. The Morgan fingerprint density at radius 3 is 2.65 bits per heavy atom. The number of hydrogen-bond acceptors (Lipinski definition) is 7. The second-order valence-electron chi connectivity index (χ2n) is 8.18. The number of rotatable bonds is 6. The number of thiazole rings is 1. The smallest absolute Gasteiger partial charge is 0.267 e. The van der Waals surface area contributed by atoms with E-state index in [1.54, 1.807) is 12.1 Å². The summed E-state index contributed by atoms with van der Waals surface area (Å²) in [6.45, 7) is 6.46. The summed E-state index contributed by atoms with van der Waals surface area (Å²) in [6, 6.07) is 14.2. The molecule has 0 bridgehead atoms. The predicted molar refractivity (Wildman–Crippen MR) is 136 cm³/mol. The van der Waals surface area contributed by atoms with Gasteiger partial charge in [-0.15, -0.1) is 22.7 Å². The van der Waals surface area contributed by atoms with E-state index in [4.69, 9.17) is 0 Å². The van der Waals surface area contributed by atoms with Crippen LogP contribution >= 0.6 is 22.7 Å². The lowest BCUT2D eigenvalue weighted by Crippen LogP contribution is -2.46. The predicted octanol–water partition coefficient (Wildman–Crippen LogP) is 5.29. The SMILES string of the molecule is Cc1cc(C(=O)Nc2nc(CN3CCN(c4ccccn4)CC3)cs2)sc1-c1ccc(F)cc1. The van der Waals surface area contributed by atoms with Gasteiger partial charge in [-0.05, 0) is 48.4 Å². The van der Waals surface area contributed by atoms with E-state index >= 15 is 0 Å². The molecule has 5 rings (SSSR count). The van der Waals surface area contributed by atoms with Crippen LogP contribution in [0.4, 0.5) is 15.3 Å². The largest absolute Gasteiger partial charge is 0.354 e. The minimum absolute atomic E-state index is 0.175. The maximum Gasteiger partial charge on any atom is 0.267 e. The second kappa shape index (κ2) is 10.0. The van der Waals surface area contributed by atoms with Crippen LogP contribution in [0.3, 0.4) is 0 Å². The number of thiophene rings is 1. The van der Waals surface area contributed by atoms with Gasteiger partial charge in [0.15, 0.2) is 5.13 Å². The molecule has 4 heterocycles. The molecule has 1 aliphatic heterocycles. The molecule has 0 unspecified atom stereocenters. The summed E-state index contributed by atoms with van der Waals surface area (Å²) in [5, 5.41) is 5.53. The fourth-order valence-corrected chi connectivity index (χ4v) is 5.75. The molecule has 3 aromatic heterocycles. The van der Waals surface area contributed by atoms with Crippen LogP contribution in [0.2, 0.25) is 0 Å². The van der Waals surface area contributed by atoms with Crippen LogP contribution in [-0.2, 0) is 6.54 Å². The van der Waals surface area contributed by atoms with Crippen molar-refractivity contribution in [3.8, 4) is 10.4 Å². The van der Waals surface area contributed by atoms with Crippen molar-refractivity contribution in [2.45, 2.75) is 13.5 Å². The second-order valence-corrected chi connectivity index (χ2v) is 10.1. The number of pyridine rings is 1. The van der Waals surface area contributed by atoms with E-state index in [0.717, 1.165) is 60.2 Å². The average Bonchev–Trinajstić information content (AvgIpc) is 3.47. The number of carbonyl (C=O) groups excluding carboxylic acids is 1. The van der Waals surface area contributed by atoms with Crippen molar-refractivity contribution in [2.75, 3.05) is 36.4 Å². The maximum absolute atomic E-state index is 13.2. The molecule has 0 aliphatic carbocycles. The molecule has 1 aromatic carbocycles. The standard InChI is InChI=1S/C25H24FN5OS2/c1-17-14-21(34-23(17)18-5-7-19(26)8-6-18)24(32)29-25-28-20(16-33-25)15-30-10-12-31(13-11-30)22-4-2-3-9-27-22/h2-9,14,16H,10-13,15H2,1H3,(H,28,29,32). The summed E-state index contributed by atoms with van der Waals surface area (Å²) in [6.07, 6.45) is 1.83. The van der Waals surface area contributed by atoms with Crippen LogP contribution in [0, 0.1) is 12.7 Å². The van der Waals surface area contributed by atoms with E-state index in [0.29, 0.717) is 10.0 Å². The Labute approximate surface area is 205 Å². The minimum atomic E-state index is -0.273. The molecule has 174 valence electrons. The fourth-order valence-electron chi connectivity index (χ4n) is 3.98. The van der Waals surface area contributed by atoms with Crippen molar-refractivity contribution in [1.82, 2.24) is 14.9 Å². The van der Waals surface area contributed by atoms with Crippen molar-refractivity contribution >= 4 is 39.5 Å². The van der Waals surface area contributed by atoms with Crippen LogP contribution in [0.1, 0.15) is 20.9 Å². The first-order chi connectivity index (χ1) is 16.5. The van der Waals surface area contributed by atoms with Gasteiger partial charge in [-0.3, -0.25) is 15.0 Å². The number of halogens is 1. The number of carbonyl (C=O) groups is 1. The summed E-state index contributed by atoms with van der Waals surface area (Å²) in [4.78, 5) is 28.1. The van der Waals surface area contributed by atoms with Gasteiger partial charge in [0, 0.05) is 49.2 Å². The number of nitrogens with zero attached hydrogens (tertiary/aromatic N) is 4. The van der Waals surface area contributed by atoms with Crippen molar-refractivity contribution in [3.05, 3.63) is 82.1 Å². The molecule has 1 saturated heterocycles. The molecule has 6 nitrogen and oxygen atoms in total. The molecule has 0 spiro atoms. The van der Waals surface area contributed by atoms with Crippen LogP contribution < -0.4 is 10.2 Å². The lowest BCUT2D eigenvalue weighted by molar-refractivity contribution is 0.103. The number of aromatic nitrogens is 2. The molecule has 4 aromatic rings. The third-order valence-corrected chi connectivity index (χ3v) is 7.84. The fraction of sp³-hybridized carbons (Fsp3) is 0.240. The van der Waals surface area contributed by atoms with E-state index < -0.39 is 0 Å². The first kappa shape index (κ1) is 22.6. The Kier molecular flexibility index (Phi) is 6.66. The van der Waals surface area contributed by atoms with Gasteiger partial charge in [0.2, 0.25) is 0 Å². The third-order valence-electron chi connectivity index (χ3n) is 5.75. The number of anilines is 2. The Hall–Kier alpha value is -3.14. The highest BCUT2D eigenvalue weighted by Gasteiger charge is 2.20. The summed E-state index contributed by atoms with van der Waals surface area (Å²) in [5.74, 6) is 0.573. The van der Waals surface area contributed by atoms with Gasteiger partial charge in [0.05, 0.1) is 10.6 Å². The lowest BCUT2D eigenvalue weighted by Gasteiger charge is -2.35. The normalized spacial score (nSPS) is 14.4. The highest BCUT2D eigenvalue weighted by atomic mass is 32.1. The zero-order valence-corrected chi connectivity index (χ0v) is 20.3. The number of piperazine rings is 1. The quantitative estimate of drug-likeness (QED) is 0.396. The number of benzene rings is 1. The maximum atomic E-state index is 13.2. The van der Waals surface area contributed by atoms with Gasteiger partial charge >= 0.3 is 0 Å².